The highest BCUT2D eigenvalue weighted by atomic mass is 32.2. The highest BCUT2D eigenvalue weighted by Gasteiger charge is 2.10. The fraction of sp³-hybridized carbons (Fsp3) is 0.188. The Kier molecular flexibility index (Phi) is 4.78. The minimum atomic E-state index is -0.907. The molecule has 1 N–H and O–H groups in total. The number of hydrogen-bond donors (Lipinski definition) is 1. The lowest BCUT2D eigenvalue weighted by Crippen LogP contribution is -2.27. The zero-order valence-corrected chi connectivity index (χ0v) is 14.1. The molecule has 1 amide bonds. The number of benzene rings is 1. The standard InChI is InChI=1S/C16H15N3O2S2/c1-23(21)8-7-18-15(20)11-4-5-13-14(9-11)22-16(19-13)12-3-2-6-17-10-12/h2-6,9-10H,7-8H2,1H3,(H,18,20). The molecule has 5 nitrogen and oxygen atoms in total. The summed E-state index contributed by atoms with van der Waals surface area (Å²) in [4.78, 5) is 20.8. The Balaban J connectivity index is 1.82. The normalized spacial score (nSPS) is 12.2. The number of rotatable bonds is 5. The number of carbonyl (C=O) groups is 1. The van der Waals surface area contributed by atoms with E-state index in [4.69, 9.17) is 0 Å². The third-order valence-electron chi connectivity index (χ3n) is 3.23. The average Bonchev–Trinajstić information content (AvgIpc) is 2.98. The third-order valence-corrected chi connectivity index (χ3v) is 5.08. The van der Waals surface area contributed by atoms with Crippen LogP contribution in [0.4, 0.5) is 0 Å². The maximum absolute atomic E-state index is 12.1. The predicted molar refractivity (Wildman–Crippen MR) is 94.1 cm³/mol. The van der Waals surface area contributed by atoms with Crippen molar-refractivity contribution in [1.29, 1.82) is 0 Å². The number of carbonyl (C=O) groups excluding carboxylic acids is 1. The van der Waals surface area contributed by atoms with Gasteiger partial charge in [0.1, 0.15) is 5.01 Å². The molecule has 23 heavy (non-hydrogen) atoms. The van der Waals surface area contributed by atoms with Crippen LogP contribution in [0.3, 0.4) is 0 Å². The van der Waals surface area contributed by atoms with Gasteiger partial charge in [-0.2, -0.15) is 0 Å². The summed E-state index contributed by atoms with van der Waals surface area (Å²) in [7, 11) is -0.907. The van der Waals surface area contributed by atoms with Crippen molar-refractivity contribution in [3.8, 4) is 10.6 Å². The molecular formula is C16H15N3O2S2. The van der Waals surface area contributed by atoms with Crippen molar-refractivity contribution in [2.24, 2.45) is 0 Å². The molecule has 1 aromatic carbocycles. The summed E-state index contributed by atoms with van der Waals surface area (Å²) < 4.78 is 12.0. The largest absolute Gasteiger partial charge is 0.351 e. The molecule has 0 aliphatic carbocycles. The van der Waals surface area contributed by atoms with Gasteiger partial charge in [-0.3, -0.25) is 14.0 Å². The summed E-state index contributed by atoms with van der Waals surface area (Å²) in [6, 6.07) is 9.28. The van der Waals surface area contributed by atoms with Crippen LogP contribution in [0.15, 0.2) is 42.7 Å². The van der Waals surface area contributed by atoms with E-state index in [2.05, 4.69) is 15.3 Å². The first-order valence-corrected chi connectivity index (χ1v) is 9.57. The van der Waals surface area contributed by atoms with Crippen molar-refractivity contribution < 1.29 is 9.00 Å². The molecule has 2 heterocycles. The molecule has 118 valence electrons. The van der Waals surface area contributed by atoms with Gasteiger partial charge in [0.2, 0.25) is 0 Å². The van der Waals surface area contributed by atoms with Crippen LogP contribution in [0.5, 0.6) is 0 Å². The van der Waals surface area contributed by atoms with E-state index in [0.29, 0.717) is 17.9 Å². The molecule has 7 heteroatoms. The number of hydrogen-bond acceptors (Lipinski definition) is 5. The van der Waals surface area contributed by atoms with Gasteiger partial charge in [0.25, 0.3) is 5.91 Å². The Morgan fingerprint density at radius 1 is 1.35 bits per heavy atom. The molecule has 0 bridgehead atoms. The van der Waals surface area contributed by atoms with Gasteiger partial charge in [-0.15, -0.1) is 11.3 Å². The Morgan fingerprint density at radius 3 is 2.96 bits per heavy atom. The fourth-order valence-corrected chi connectivity index (χ4v) is 3.47. The molecule has 1 atom stereocenters. The second-order valence-corrected chi connectivity index (χ2v) is 7.56. The Labute approximate surface area is 140 Å². The SMILES string of the molecule is CS(=O)CCNC(=O)c1ccc2nc(-c3cccnc3)sc2c1. The number of thiazole rings is 1. The van der Waals surface area contributed by atoms with Gasteiger partial charge in [0.05, 0.1) is 10.2 Å². The van der Waals surface area contributed by atoms with Gasteiger partial charge in [0.15, 0.2) is 0 Å². The van der Waals surface area contributed by atoms with E-state index in [1.807, 2.05) is 24.3 Å². The number of nitrogens with zero attached hydrogens (tertiary/aromatic N) is 2. The number of nitrogens with one attached hydrogen (secondary N) is 1. The molecule has 2 aromatic heterocycles. The lowest BCUT2D eigenvalue weighted by Gasteiger charge is -2.03. The van der Waals surface area contributed by atoms with Gasteiger partial charge in [0, 0.05) is 52.9 Å². The average molecular weight is 345 g/mol. The van der Waals surface area contributed by atoms with E-state index in [0.717, 1.165) is 20.8 Å². The van der Waals surface area contributed by atoms with Crippen LogP contribution in [-0.2, 0) is 10.8 Å². The third kappa shape index (κ3) is 3.80. The summed E-state index contributed by atoms with van der Waals surface area (Å²) in [5.41, 5.74) is 2.41. The lowest BCUT2D eigenvalue weighted by atomic mass is 10.2. The van der Waals surface area contributed by atoms with Crippen LogP contribution in [0, 0.1) is 0 Å². The van der Waals surface area contributed by atoms with Gasteiger partial charge in [-0.1, -0.05) is 0 Å². The molecule has 0 aliphatic heterocycles. The van der Waals surface area contributed by atoms with Crippen LogP contribution in [0.1, 0.15) is 10.4 Å². The van der Waals surface area contributed by atoms with Gasteiger partial charge in [-0.05, 0) is 30.3 Å². The number of pyridine rings is 1. The van der Waals surface area contributed by atoms with Gasteiger partial charge < -0.3 is 5.32 Å². The summed E-state index contributed by atoms with van der Waals surface area (Å²) in [5.74, 6) is 0.299. The smallest absolute Gasteiger partial charge is 0.251 e. The minimum Gasteiger partial charge on any atom is -0.351 e. The van der Waals surface area contributed by atoms with E-state index >= 15 is 0 Å². The second kappa shape index (κ2) is 6.97. The fourth-order valence-electron chi connectivity index (χ4n) is 2.09. The van der Waals surface area contributed by atoms with Crippen molar-refractivity contribution in [3.05, 3.63) is 48.3 Å². The van der Waals surface area contributed by atoms with Gasteiger partial charge >= 0.3 is 0 Å². The van der Waals surface area contributed by atoms with Crippen LogP contribution < -0.4 is 5.32 Å². The highest BCUT2D eigenvalue weighted by Crippen LogP contribution is 2.30. The first-order valence-electron chi connectivity index (χ1n) is 7.03. The molecule has 1 unspecified atom stereocenters. The van der Waals surface area contributed by atoms with E-state index in [9.17, 15) is 9.00 Å². The molecule has 0 saturated carbocycles. The Bertz CT molecular complexity index is 862. The number of amides is 1. The van der Waals surface area contributed by atoms with Crippen molar-refractivity contribution in [3.63, 3.8) is 0 Å². The van der Waals surface area contributed by atoms with Crippen LogP contribution in [-0.4, -0.2) is 38.6 Å². The maximum atomic E-state index is 12.1. The molecule has 3 aromatic rings. The molecule has 0 fully saturated rings. The Hall–Kier alpha value is -2.12. The monoisotopic (exact) mass is 345 g/mol. The molecule has 0 spiro atoms. The van der Waals surface area contributed by atoms with Gasteiger partial charge in [-0.25, -0.2) is 4.98 Å². The Morgan fingerprint density at radius 2 is 2.22 bits per heavy atom. The predicted octanol–water partition coefficient (Wildman–Crippen LogP) is 2.47. The first kappa shape index (κ1) is 15.8. The van der Waals surface area contributed by atoms with Crippen molar-refractivity contribution in [1.82, 2.24) is 15.3 Å². The lowest BCUT2D eigenvalue weighted by molar-refractivity contribution is 0.0956. The van der Waals surface area contributed by atoms with E-state index in [1.165, 1.54) is 11.3 Å². The van der Waals surface area contributed by atoms with Crippen molar-refractivity contribution >= 4 is 38.3 Å². The van der Waals surface area contributed by atoms with Crippen molar-refractivity contribution in [2.45, 2.75) is 0 Å². The van der Waals surface area contributed by atoms with E-state index in [-0.39, 0.29) is 5.91 Å². The summed E-state index contributed by atoms with van der Waals surface area (Å²) in [5, 5.41) is 3.66. The molecule has 0 aliphatic rings. The minimum absolute atomic E-state index is 0.159. The zero-order chi connectivity index (χ0) is 16.2. The summed E-state index contributed by atoms with van der Waals surface area (Å²) >= 11 is 1.53. The number of aromatic nitrogens is 2. The molecule has 0 saturated heterocycles. The molecule has 3 rings (SSSR count). The van der Waals surface area contributed by atoms with Crippen LogP contribution in [0.2, 0.25) is 0 Å². The molecule has 0 radical (unpaired) electrons. The van der Waals surface area contributed by atoms with Crippen molar-refractivity contribution in [2.75, 3.05) is 18.6 Å². The highest BCUT2D eigenvalue weighted by molar-refractivity contribution is 7.84. The quantitative estimate of drug-likeness (QED) is 0.771. The topological polar surface area (TPSA) is 72.0 Å². The summed E-state index contributed by atoms with van der Waals surface area (Å²) in [6.45, 7) is 0.406. The van der Waals surface area contributed by atoms with E-state index < -0.39 is 10.8 Å². The maximum Gasteiger partial charge on any atom is 0.251 e. The van der Waals surface area contributed by atoms with Crippen LogP contribution >= 0.6 is 11.3 Å². The van der Waals surface area contributed by atoms with Crippen LogP contribution in [0.25, 0.3) is 20.8 Å². The second-order valence-electron chi connectivity index (χ2n) is 4.98. The summed E-state index contributed by atoms with van der Waals surface area (Å²) in [6.07, 6.45) is 5.12. The zero-order valence-electron chi connectivity index (χ0n) is 12.5. The van der Waals surface area contributed by atoms with E-state index in [1.54, 1.807) is 24.7 Å². The molecular weight excluding hydrogens is 330 g/mol. The number of fused-ring (bicyclic) bond motifs is 1. The first-order chi connectivity index (χ1) is 11.1.